The Morgan fingerprint density at radius 2 is 1.74 bits per heavy atom. The summed E-state index contributed by atoms with van der Waals surface area (Å²) in [6.45, 7) is 16.6. The third-order valence-electron chi connectivity index (χ3n) is 9.89. The summed E-state index contributed by atoms with van der Waals surface area (Å²) in [5, 5.41) is 7.32. The highest BCUT2D eigenvalue weighted by Crippen LogP contribution is 2.66. The Balaban J connectivity index is 0.000000858. The Hall–Kier alpha value is -1.03. The predicted molar refractivity (Wildman–Crippen MR) is 134 cm³/mol. The fraction of sp³-hybridized carbons (Fsp3) is 0.833. The van der Waals surface area contributed by atoms with Crippen molar-refractivity contribution in [3.05, 3.63) is 22.8 Å². The Labute approximate surface area is 193 Å². The maximum Gasteiger partial charge on any atom is 0.0587 e. The van der Waals surface area contributed by atoms with Crippen LogP contribution in [0.2, 0.25) is 0 Å². The lowest BCUT2D eigenvalue weighted by Crippen LogP contribution is -2.47. The van der Waals surface area contributed by atoms with Gasteiger partial charge in [0.1, 0.15) is 0 Å². The molecule has 1 nitrogen and oxygen atoms in total. The molecule has 1 saturated carbocycles. The van der Waals surface area contributed by atoms with Crippen LogP contribution in [-0.4, -0.2) is 0 Å². The van der Waals surface area contributed by atoms with Gasteiger partial charge in [-0.1, -0.05) is 78.9 Å². The zero-order chi connectivity index (χ0) is 22.9. The van der Waals surface area contributed by atoms with Crippen molar-refractivity contribution in [1.29, 1.82) is 5.26 Å². The van der Waals surface area contributed by atoms with Gasteiger partial charge in [0.25, 0.3) is 0 Å². The van der Waals surface area contributed by atoms with Gasteiger partial charge in [-0.05, 0) is 96.5 Å². The minimum absolute atomic E-state index is 0.490. The van der Waals surface area contributed by atoms with Gasteiger partial charge < -0.3 is 0 Å². The lowest BCUT2D eigenvalue weighted by molar-refractivity contribution is 0.00660. The summed E-state index contributed by atoms with van der Waals surface area (Å²) in [4.78, 5) is 0. The van der Waals surface area contributed by atoms with E-state index in [1.807, 2.05) is 16.7 Å². The van der Waals surface area contributed by atoms with Gasteiger partial charge in [-0.15, -0.1) is 0 Å². The number of nitriles is 1. The van der Waals surface area contributed by atoms with Gasteiger partial charge in [-0.25, -0.2) is 0 Å². The summed E-state index contributed by atoms with van der Waals surface area (Å²) >= 11 is 0. The third-order valence-corrected chi connectivity index (χ3v) is 9.89. The zero-order valence-electron chi connectivity index (χ0n) is 21.7. The van der Waals surface area contributed by atoms with Crippen LogP contribution in [0.15, 0.2) is 22.8 Å². The van der Waals surface area contributed by atoms with Gasteiger partial charge in [0.05, 0.1) is 6.07 Å². The second-order valence-electron chi connectivity index (χ2n) is 12.7. The lowest BCUT2D eigenvalue weighted by atomic mass is 9.47. The molecule has 4 aliphatic carbocycles. The Bertz CT molecular complexity index is 745. The van der Waals surface area contributed by atoms with E-state index in [1.54, 1.807) is 6.07 Å². The van der Waals surface area contributed by atoms with Crippen LogP contribution in [-0.2, 0) is 0 Å². The maximum atomic E-state index is 7.32. The van der Waals surface area contributed by atoms with E-state index in [0.29, 0.717) is 16.2 Å². The van der Waals surface area contributed by atoms with E-state index >= 15 is 0 Å². The van der Waals surface area contributed by atoms with E-state index in [0.717, 1.165) is 17.8 Å². The molecule has 4 rings (SSSR count). The average molecular weight is 424 g/mol. The number of allylic oxidation sites excluding steroid dienone is 4. The third kappa shape index (κ3) is 4.56. The van der Waals surface area contributed by atoms with Gasteiger partial charge in [0, 0.05) is 6.92 Å². The van der Waals surface area contributed by atoms with E-state index in [2.05, 4.69) is 47.6 Å². The van der Waals surface area contributed by atoms with E-state index < -0.39 is 0 Å². The first-order valence-electron chi connectivity index (χ1n) is 13.3. The highest BCUT2D eigenvalue weighted by Gasteiger charge is 2.54. The number of hydrogen-bond donors (Lipinski definition) is 0. The Morgan fingerprint density at radius 1 is 1.03 bits per heavy atom. The second kappa shape index (κ2) is 9.45. The fourth-order valence-corrected chi connectivity index (χ4v) is 8.25. The van der Waals surface area contributed by atoms with Crippen molar-refractivity contribution < 1.29 is 0 Å². The molecule has 0 bridgehead atoms. The SMILES string of the molecule is CC#N.CC(C)CCCCC1CC=C2C3=C(CCC21C)C1(C)CCCC(C)(C)C1CC3. The molecular formula is C30H49N. The van der Waals surface area contributed by atoms with Crippen molar-refractivity contribution >= 4 is 0 Å². The van der Waals surface area contributed by atoms with Crippen molar-refractivity contribution in [3.63, 3.8) is 0 Å². The number of hydrogen-bond acceptors (Lipinski definition) is 1. The summed E-state index contributed by atoms with van der Waals surface area (Å²) in [5.74, 6) is 2.69. The summed E-state index contributed by atoms with van der Waals surface area (Å²) in [7, 11) is 0. The van der Waals surface area contributed by atoms with Gasteiger partial charge in [0.2, 0.25) is 0 Å². The van der Waals surface area contributed by atoms with Crippen LogP contribution < -0.4 is 0 Å². The lowest BCUT2D eigenvalue weighted by Gasteiger charge is -2.57. The number of unbranched alkanes of at least 4 members (excludes halogenated alkanes) is 1. The molecule has 0 aromatic carbocycles. The smallest absolute Gasteiger partial charge is 0.0587 e. The van der Waals surface area contributed by atoms with Gasteiger partial charge >= 0.3 is 0 Å². The first kappa shape index (κ1) is 24.6. The van der Waals surface area contributed by atoms with Crippen molar-refractivity contribution in [3.8, 4) is 6.07 Å². The van der Waals surface area contributed by atoms with Crippen molar-refractivity contribution in [2.45, 2.75) is 126 Å². The quantitative estimate of drug-likeness (QED) is 0.404. The van der Waals surface area contributed by atoms with Crippen LogP contribution >= 0.6 is 0 Å². The summed E-state index contributed by atoms with van der Waals surface area (Å²) in [6.07, 6.45) is 19.8. The molecule has 4 atom stereocenters. The molecule has 4 unspecified atom stereocenters. The normalized spacial score (nSPS) is 35.9. The second-order valence-corrected chi connectivity index (χ2v) is 12.7. The zero-order valence-corrected chi connectivity index (χ0v) is 21.7. The molecular weight excluding hydrogens is 374 g/mol. The summed E-state index contributed by atoms with van der Waals surface area (Å²) in [5.41, 5.74) is 7.12. The van der Waals surface area contributed by atoms with Crippen LogP contribution in [0.1, 0.15) is 126 Å². The van der Waals surface area contributed by atoms with Gasteiger partial charge in [-0.3, -0.25) is 0 Å². The van der Waals surface area contributed by atoms with Crippen LogP contribution in [0, 0.1) is 45.3 Å². The molecule has 0 radical (unpaired) electrons. The molecule has 0 aromatic rings. The molecule has 0 aliphatic heterocycles. The van der Waals surface area contributed by atoms with E-state index in [1.165, 1.54) is 84.0 Å². The molecule has 0 spiro atoms. The van der Waals surface area contributed by atoms with Gasteiger partial charge in [-0.2, -0.15) is 5.26 Å². The summed E-state index contributed by atoms with van der Waals surface area (Å²) in [6, 6.07) is 1.75. The Morgan fingerprint density at radius 3 is 2.42 bits per heavy atom. The first-order chi connectivity index (χ1) is 14.6. The molecule has 0 aromatic heterocycles. The van der Waals surface area contributed by atoms with Crippen LogP contribution in [0.5, 0.6) is 0 Å². The largest absolute Gasteiger partial charge is 0.199 e. The highest BCUT2D eigenvalue weighted by atomic mass is 14.6. The van der Waals surface area contributed by atoms with Crippen molar-refractivity contribution in [2.75, 3.05) is 0 Å². The number of fused-ring (bicyclic) bond motifs is 4. The van der Waals surface area contributed by atoms with Crippen LogP contribution in [0.4, 0.5) is 0 Å². The van der Waals surface area contributed by atoms with E-state index in [9.17, 15) is 0 Å². The van der Waals surface area contributed by atoms with E-state index in [-0.39, 0.29) is 0 Å². The van der Waals surface area contributed by atoms with Crippen molar-refractivity contribution in [1.82, 2.24) is 0 Å². The molecule has 0 N–H and O–H groups in total. The fourth-order valence-electron chi connectivity index (χ4n) is 8.25. The predicted octanol–water partition coefficient (Wildman–Crippen LogP) is 9.40. The Kier molecular flexibility index (Phi) is 7.50. The minimum Gasteiger partial charge on any atom is -0.199 e. The molecule has 1 fully saturated rings. The molecule has 4 aliphatic rings. The maximum absolute atomic E-state index is 7.32. The number of rotatable bonds is 5. The molecule has 174 valence electrons. The first-order valence-corrected chi connectivity index (χ1v) is 13.3. The minimum atomic E-state index is 0.490. The molecule has 0 heterocycles. The average Bonchev–Trinajstić information content (AvgIpc) is 3.01. The number of nitrogens with zero attached hydrogens (tertiary/aromatic N) is 1. The standard InChI is InChI=1S/C28H46.C2H3N/c1-20(2)10-7-8-11-21-12-14-23-22-13-15-25-26(3,4)17-9-18-28(25,6)24(22)16-19-27(21,23)5;1-2-3/h14,20-21,25H,7-13,15-19H2,1-6H3;1H3. The molecule has 31 heavy (non-hydrogen) atoms. The van der Waals surface area contributed by atoms with E-state index in [4.69, 9.17) is 5.26 Å². The highest BCUT2D eigenvalue weighted by molar-refractivity contribution is 5.49. The monoisotopic (exact) mass is 423 g/mol. The van der Waals surface area contributed by atoms with Crippen molar-refractivity contribution in [2.24, 2.45) is 34.0 Å². The summed E-state index contributed by atoms with van der Waals surface area (Å²) < 4.78 is 0. The van der Waals surface area contributed by atoms with Gasteiger partial charge in [0.15, 0.2) is 0 Å². The molecule has 0 saturated heterocycles. The topological polar surface area (TPSA) is 23.8 Å². The molecule has 0 amide bonds. The molecule has 1 heteroatoms. The van der Waals surface area contributed by atoms with Crippen LogP contribution in [0.25, 0.3) is 0 Å². The van der Waals surface area contributed by atoms with Crippen LogP contribution in [0.3, 0.4) is 0 Å².